The van der Waals surface area contributed by atoms with E-state index in [4.69, 9.17) is 4.74 Å². The zero-order valence-electron chi connectivity index (χ0n) is 14.3. The van der Waals surface area contributed by atoms with Gasteiger partial charge in [0.25, 0.3) is 0 Å². The molecule has 0 unspecified atom stereocenters. The SMILES string of the molecule is CCn1cc(C(=O)/C=C/c2ccc(OC)c(Cn3cccn3)c2)cn1. The summed E-state index contributed by atoms with van der Waals surface area (Å²) in [6, 6.07) is 7.70. The number of carbonyl (C=O) groups excluding carboxylic acids is 1. The summed E-state index contributed by atoms with van der Waals surface area (Å²) in [5.74, 6) is 0.729. The first-order valence-corrected chi connectivity index (χ1v) is 8.09. The van der Waals surface area contributed by atoms with E-state index in [0.717, 1.165) is 23.4 Å². The Balaban J connectivity index is 1.78. The molecule has 6 nitrogen and oxygen atoms in total. The molecule has 6 heteroatoms. The predicted octanol–water partition coefficient (Wildman–Crippen LogP) is 3.05. The van der Waals surface area contributed by atoms with E-state index < -0.39 is 0 Å². The number of allylic oxidation sites excluding steroid dienone is 1. The minimum absolute atomic E-state index is 0.0656. The van der Waals surface area contributed by atoms with Crippen LogP contribution in [0.3, 0.4) is 0 Å². The number of rotatable bonds is 7. The maximum atomic E-state index is 12.2. The minimum atomic E-state index is -0.0656. The van der Waals surface area contributed by atoms with Crippen molar-refractivity contribution >= 4 is 11.9 Å². The lowest BCUT2D eigenvalue weighted by Gasteiger charge is -2.09. The highest BCUT2D eigenvalue weighted by atomic mass is 16.5. The summed E-state index contributed by atoms with van der Waals surface area (Å²) in [4.78, 5) is 12.2. The molecule has 0 amide bonds. The van der Waals surface area contributed by atoms with Gasteiger partial charge in [0, 0.05) is 30.7 Å². The van der Waals surface area contributed by atoms with Gasteiger partial charge in [0.1, 0.15) is 5.75 Å². The smallest absolute Gasteiger partial charge is 0.189 e. The van der Waals surface area contributed by atoms with Gasteiger partial charge in [-0.15, -0.1) is 0 Å². The molecular weight excluding hydrogens is 316 g/mol. The molecule has 0 saturated carbocycles. The molecule has 0 saturated heterocycles. The van der Waals surface area contributed by atoms with Crippen LogP contribution >= 0.6 is 0 Å². The van der Waals surface area contributed by atoms with Gasteiger partial charge in [0.15, 0.2) is 5.78 Å². The Morgan fingerprint density at radius 3 is 2.84 bits per heavy atom. The first-order valence-electron chi connectivity index (χ1n) is 8.09. The lowest BCUT2D eigenvalue weighted by Crippen LogP contribution is -2.02. The monoisotopic (exact) mass is 336 g/mol. The molecule has 0 radical (unpaired) electrons. The van der Waals surface area contributed by atoms with E-state index in [1.807, 2.05) is 42.1 Å². The maximum Gasteiger partial charge on any atom is 0.189 e. The Morgan fingerprint density at radius 1 is 1.28 bits per heavy atom. The average molecular weight is 336 g/mol. The highest BCUT2D eigenvalue weighted by Crippen LogP contribution is 2.21. The molecule has 2 heterocycles. The molecular formula is C19H20N4O2. The fourth-order valence-corrected chi connectivity index (χ4v) is 2.53. The average Bonchev–Trinajstić information content (AvgIpc) is 3.31. The summed E-state index contributed by atoms with van der Waals surface area (Å²) in [5, 5.41) is 8.35. The zero-order chi connectivity index (χ0) is 17.6. The van der Waals surface area contributed by atoms with Crippen molar-refractivity contribution < 1.29 is 9.53 Å². The molecule has 2 aromatic heterocycles. The highest BCUT2D eigenvalue weighted by Gasteiger charge is 2.07. The second-order valence-corrected chi connectivity index (χ2v) is 5.56. The van der Waals surface area contributed by atoms with E-state index in [9.17, 15) is 4.79 Å². The van der Waals surface area contributed by atoms with Crippen LogP contribution in [0.2, 0.25) is 0 Å². The van der Waals surface area contributed by atoms with Crippen LogP contribution in [0.25, 0.3) is 6.08 Å². The van der Waals surface area contributed by atoms with Gasteiger partial charge in [-0.3, -0.25) is 14.2 Å². The number of aryl methyl sites for hydroxylation is 1. The number of ketones is 1. The van der Waals surface area contributed by atoms with Gasteiger partial charge in [0.05, 0.1) is 25.4 Å². The molecule has 0 aliphatic rings. The molecule has 3 rings (SSSR count). The van der Waals surface area contributed by atoms with Gasteiger partial charge in [-0.1, -0.05) is 12.1 Å². The van der Waals surface area contributed by atoms with Crippen molar-refractivity contribution in [3.8, 4) is 5.75 Å². The van der Waals surface area contributed by atoms with Gasteiger partial charge >= 0.3 is 0 Å². The topological polar surface area (TPSA) is 61.9 Å². The van der Waals surface area contributed by atoms with Crippen molar-refractivity contribution in [3.63, 3.8) is 0 Å². The zero-order valence-corrected chi connectivity index (χ0v) is 14.3. The third kappa shape index (κ3) is 4.03. The van der Waals surface area contributed by atoms with E-state index in [1.54, 1.807) is 42.5 Å². The van der Waals surface area contributed by atoms with Crippen LogP contribution in [0.5, 0.6) is 5.75 Å². The van der Waals surface area contributed by atoms with E-state index in [1.165, 1.54) is 0 Å². The fraction of sp³-hybridized carbons (Fsp3) is 0.211. The third-order valence-electron chi connectivity index (χ3n) is 3.86. The molecule has 128 valence electrons. The number of carbonyl (C=O) groups is 1. The minimum Gasteiger partial charge on any atom is -0.496 e. The molecule has 0 N–H and O–H groups in total. The Kier molecular flexibility index (Phi) is 5.09. The highest BCUT2D eigenvalue weighted by molar-refractivity contribution is 6.06. The van der Waals surface area contributed by atoms with Gasteiger partial charge < -0.3 is 4.74 Å². The molecule has 0 fully saturated rings. The van der Waals surface area contributed by atoms with Crippen LogP contribution in [0, 0.1) is 0 Å². The number of methoxy groups -OCH3 is 1. The molecule has 0 atom stereocenters. The standard InChI is InChI=1S/C19H20N4O2/c1-3-22-14-17(12-21-22)18(24)7-5-15-6-8-19(25-2)16(11-15)13-23-10-4-9-20-23/h4-12,14H,3,13H2,1-2H3/b7-5+. The summed E-state index contributed by atoms with van der Waals surface area (Å²) in [6.45, 7) is 3.33. The number of hydrogen-bond donors (Lipinski definition) is 0. The van der Waals surface area contributed by atoms with Crippen LogP contribution in [0.1, 0.15) is 28.4 Å². The summed E-state index contributed by atoms with van der Waals surface area (Å²) in [5.41, 5.74) is 2.52. The van der Waals surface area contributed by atoms with E-state index >= 15 is 0 Å². The van der Waals surface area contributed by atoms with E-state index in [0.29, 0.717) is 12.1 Å². The number of aromatic nitrogens is 4. The predicted molar refractivity (Wildman–Crippen MR) is 95.6 cm³/mol. The van der Waals surface area contributed by atoms with Crippen molar-refractivity contribution in [3.05, 3.63) is 71.8 Å². The van der Waals surface area contributed by atoms with E-state index in [-0.39, 0.29) is 5.78 Å². The molecule has 0 bridgehead atoms. The van der Waals surface area contributed by atoms with Gasteiger partial charge in [0.2, 0.25) is 0 Å². The lowest BCUT2D eigenvalue weighted by atomic mass is 10.1. The Hall–Kier alpha value is -3.15. The Morgan fingerprint density at radius 2 is 2.16 bits per heavy atom. The van der Waals surface area contributed by atoms with Gasteiger partial charge in [-0.25, -0.2) is 0 Å². The summed E-state index contributed by atoms with van der Waals surface area (Å²) >= 11 is 0. The first kappa shape index (κ1) is 16.7. The molecule has 0 spiro atoms. The molecule has 3 aromatic rings. The summed E-state index contributed by atoms with van der Waals surface area (Å²) in [6.07, 6.45) is 10.4. The molecule has 25 heavy (non-hydrogen) atoms. The first-order chi connectivity index (χ1) is 12.2. The Labute approximate surface area is 146 Å². The van der Waals surface area contributed by atoms with Crippen LogP contribution in [-0.4, -0.2) is 32.5 Å². The van der Waals surface area contributed by atoms with E-state index in [2.05, 4.69) is 10.2 Å². The largest absolute Gasteiger partial charge is 0.496 e. The lowest BCUT2D eigenvalue weighted by molar-refractivity contribution is 0.104. The van der Waals surface area contributed by atoms with Crippen molar-refractivity contribution in [1.82, 2.24) is 19.6 Å². The summed E-state index contributed by atoms with van der Waals surface area (Å²) < 4.78 is 8.98. The summed E-state index contributed by atoms with van der Waals surface area (Å²) in [7, 11) is 1.65. The number of hydrogen-bond acceptors (Lipinski definition) is 4. The quantitative estimate of drug-likeness (QED) is 0.491. The van der Waals surface area contributed by atoms with Crippen LogP contribution in [0.15, 0.2) is 55.1 Å². The second-order valence-electron chi connectivity index (χ2n) is 5.56. The number of ether oxygens (including phenoxy) is 1. The molecule has 0 aliphatic heterocycles. The second kappa shape index (κ2) is 7.61. The normalized spacial score (nSPS) is 11.1. The molecule has 0 aliphatic carbocycles. The van der Waals surface area contributed by atoms with Crippen molar-refractivity contribution in [2.24, 2.45) is 0 Å². The van der Waals surface area contributed by atoms with Crippen molar-refractivity contribution in [2.45, 2.75) is 20.0 Å². The van der Waals surface area contributed by atoms with Crippen LogP contribution < -0.4 is 4.74 Å². The van der Waals surface area contributed by atoms with Crippen LogP contribution in [-0.2, 0) is 13.1 Å². The number of nitrogens with zero attached hydrogens (tertiary/aromatic N) is 4. The molecule has 1 aromatic carbocycles. The van der Waals surface area contributed by atoms with Crippen molar-refractivity contribution in [1.29, 1.82) is 0 Å². The maximum absolute atomic E-state index is 12.2. The van der Waals surface area contributed by atoms with Crippen LogP contribution in [0.4, 0.5) is 0 Å². The van der Waals surface area contributed by atoms with Gasteiger partial charge in [-0.05, 0) is 36.8 Å². The fourth-order valence-electron chi connectivity index (χ4n) is 2.53. The Bertz CT molecular complexity index is 879. The van der Waals surface area contributed by atoms with Gasteiger partial charge in [-0.2, -0.15) is 10.2 Å². The third-order valence-corrected chi connectivity index (χ3v) is 3.86. The number of benzene rings is 1. The van der Waals surface area contributed by atoms with Crippen molar-refractivity contribution in [2.75, 3.05) is 7.11 Å².